The second-order valence-corrected chi connectivity index (χ2v) is 8.59. The van der Waals surface area contributed by atoms with E-state index >= 15 is 0 Å². The molecule has 1 saturated carbocycles. The van der Waals surface area contributed by atoms with Crippen LogP contribution in [0.25, 0.3) is 10.9 Å². The first kappa shape index (κ1) is 30.7. The molecule has 3 aromatic rings. The Morgan fingerprint density at radius 3 is 2.08 bits per heavy atom. The Labute approximate surface area is 213 Å². The van der Waals surface area contributed by atoms with Crippen molar-refractivity contribution in [1.82, 2.24) is 9.55 Å². The van der Waals surface area contributed by atoms with Gasteiger partial charge in [-0.1, -0.05) is 20.8 Å². The van der Waals surface area contributed by atoms with Gasteiger partial charge in [-0.05, 0) is 49.6 Å². The molecule has 1 aromatic heterocycles. The van der Waals surface area contributed by atoms with Crippen LogP contribution in [0.3, 0.4) is 0 Å². The van der Waals surface area contributed by atoms with Crippen LogP contribution in [0.2, 0.25) is 0 Å². The molecule has 1 fully saturated rings. The van der Waals surface area contributed by atoms with Crippen molar-refractivity contribution in [2.24, 2.45) is 5.41 Å². The molecule has 0 aliphatic heterocycles. The average Bonchev–Trinajstić information content (AvgIpc) is 3.57. The van der Waals surface area contributed by atoms with Crippen molar-refractivity contribution < 1.29 is 35.1 Å². The van der Waals surface area contributed by atoms with Crippen LogP contribution in [-0.2, 0) is 0 Å². The van der Waals surface area contributed by atoms with Crippen LogP contribution in [-0.4, -0.2) is 35.0 Å². The van der Waals surface area contributed by atoms with Gasteiger partial charge >= 0.3 is 6.18 Å². The van der Waals surface area contributed by atoms with Gasteiger partial charge in [-0.15, -0.1) is 0 Å². The zero-order valence-corrected chi connectivity index (χ0v) is 21.0. The number of nitrogens with zero attached hydrogens (tertiary/aromatic N) is 3. The molecule has 38 heavy (non-hydrogen) atoms. The van der Waals surface area contributed by atoms with Gasteiger partial charge in [0.05, 0.1) is 23.8 Å². The molecular formula is C25H27F8N5. The Morgan fingerprint density at radius 1 is 1.05 bits per heavy atom. The van der Waals surface area contributed by atoms with Crippen LogP contribution >= 0.6 is 0 Å². The first-order valence-corrected chi connectivity index (χ1v) is 11.5. The fourth-order valence-corrected chi connectivity index (χ4v) is 3.43. The third-order valence-electron chi connectivity index (χ3n) is 5.68. The lowest BCUT2D eigenvalue weighted by Crippen LogP contribution is -2.31. The number of benzene rings is 2. The summed E-state index contributed by atoms with van der Waals surface area (Å²) in [6.07, 6.45) is -5.60. The number of anilines is 2. The Hall–Kier alpha value is -3.51. The van der Waals surface area contributed by atoms with Gasteiger partial charge in [-0.2, -0.15) is 18.2 Å². The van der Waals surface area contributed by atoms with Gasteiger partial charge in [-0.3, -0.25) is 15.4 Å². The predicted octanol–water partition coefficient (Wildman–Crippen LogP) is 7.47. The standard InChI is InChI=1S/C18H14F5N5.C5H7F3.C2H6/c1-9-2-10(19)4-12(3-9)27(7-15(22)23)17-13-5-11(20)6-14(21)16(13)28(8-24)18(25)26-17;1-4(2-3-4)5(6,7)8;1-2/h2-6,8,15,24-25H,7H2,1H3;2-3H2,1H3;1-2H3. The van der Waals surface area contributed by atoms with Crippen LogP contribution in [0.5, 0.6) is 0 Å². The lowest BCUT2D eigenvalue weighted by molar-refractivity contribution is -0.181. The molecular weight excluding hydrogens is 522 g/mol. The van der Waals surface area contributed by atoms with Crippen LogP contribution in [0, 0.1) is 40.6 Å². The molecule has 5 nitrogen and oxygen atoms in total. The monoisotopic (exact) mass is 549 g/mol. The van der Waals surface area contributed by atoms with E-state index in [1.165, 1.54) is 19.1 Å². The molecule has 0 atom stereocenters. The second-order valence-electron chi connectivity index (χ2n) is 8.59. The van der Waals surface area contributed by atoms with E-state index in [4.69, 9.17) is 10.8 Å². The quantitative estimate of drug-likeness (QED) is 0.197. The summed E-state index contributed by atoms with van der Waals surface area (Å²) in [5.41, 5.74) is -1.89. The number of hydrogen-bond acceptors (Lipinski definition) is 4. The minimum Gasteiger partial charge on any atom is -0.320 e. The highest BCUT2D eigenvalue weighted by Gasteiger charge is 2.59. The Balaban J connectivity index is 0.000000428. The van der Waals surface area contributed by atoms with Gasteiger partial charge in [0.15, 0.2) is 5.82 Å². The van der Waals surface area contributed by atoms with E-state index in [0.29, 0.717) is 30.8 Å². The molecule has 0 amide bonds. The number of fused-ring (bicyclic) bond motifs is 1. The first-order chi connectivity index (χ1) is 17.7. The number of alkyl halides is 5. The SMILES string of the molecule is CC.CC1(C(F)(F)F)CC1.Cc1cc(F)cc(N(CC(F)F)c2nc(=N)n(C=N)c3c(F)cc(F)cc23)c1. The van der Waals surface area contributed by atoms with E-state index in [2.05, 4.69) is 4.98 Å². The maximum Gasteiger partial charge on any atom is 0.394 e. The number of hydrogen-bond donors (Lipinski definition) is 2. The van der Waals surface area contributed by atoms with E-state index in [0.717, 1.165) is 21.6 Å². The molecule has 0 spiro atoms. The molecule has 1 aliphatic carbocycles. The van der Waals surface area contributed by atoms with Crippen LogP contribution in [0.15, 0.2) is 30.3 Å². The third kappa shape index (κ3) is 6.87. The number of nitrogens with one attached hydrogen (secondary N) is 2. The second kappa shape index (κ2) is 11.9. The van der Waals surface area contributed by atoms with Crippen molar-refractivity contribution in [3.05, 3.63) is 59.0 Å². The zero-order chi connectivity index (χ0) is 29.0. The van der Waals surface area contributed by atoms with Crippen LogP contribution in [0.4, 0.5) is 46.6 Å². The number of aromatic nitrogens is 2. The molecule has 208 valence electrons. The van der Waals surface area contributed by atoms with Gasteiger partial charge in [0.25, 0.3) is 6.43 Å². The normalized spacial score (nSPS) is 13.8. The maximum atomic E-state index is 14.4. The minimum absolute atomic E-state index is 0.0109. The molecule has 0 bridgehead atoms. The number of rotatable bonds is 5. The Morgan fingerprint density at radius 2 is 1.63 bits per heavy atom. The smallest absolute Gasteiger partial charge is 0.320 e. The maximum absolute atomic E-state index is 14.4. The highest BCUT2D eigenvalue weighted by Crippen LogP contribution is 2.56. The summed E-state index contributed by atoms with van der Waals surface area (Å²) >= 11 is 0. The van der Waals surface area contributed by atoms with Crippen molar-refractivity contribution in [2.45, 2.75) is 53.1 Å². The van der Waals surface area contributed by atoms with Gasteiger partial charge in [0, 0.05) is 17.1 Å². The van der Waals surface area contributed by atoms with Gasteiger partial charge < -0.3 is 4.90 Å². The van der Waals surface area contributed by atoms with E-state index in [9.17, 15) is 35.1 Å². The van der Waals surface area contributed by atoms with E-state index in [1.807, 2.05) is 13.8 Å². The highest BCUT2D eigenvalue weighted by atomic mass is 19.4. The molecule has 1 aliphatic rings. The third-order valence-corrected chi connectivity index (χ3v) is 5.68. The fourth-order valence-electron chi connectivity index (χ4n) is 3.43. The molecule has 0 unspecified atom stereocenters. The highest BCUT2D eigenvalue weighted by molar-refractivity contribution is 5.94. The summed E-state index contributed by atoms with van der Waals surface area (Å²) in [5.74, 6) is -3.12. The van der Waals surface area contributed by atoms with Gasteiger partial charge in [0.2, 0.25) is 5.62 Å². The molecule has 1 heterocycles. The summed E-state index contributed by atoms with van der Waals surface area (Å²) in [6, 6.07) is 5.01. The van der Waals surface area contributed by atoms with E-state index in [1.54, 1.807) is 6.92 Å². The van der Waals surface area contributed by atoms with Gasteiger partial charge in [0.1, 0.15) is 17.5 Å². The van der Waals surface area contributed by atoms with Crippen molar-refractivity contribution >= 4 is 28.7 Å². The average molecular weight is 550 g/mol. The molecule has 0 saturated heterocycles. The number of halogens is 8. The van der Waals surface area contributed by atoms with Gasteiger partial charge in [-0.25, -0.2) is 22.0 Å². The largest absolute Gasteiger partial charge is 0.394 e. The summed E-state index contributed by atoms with van der Waals surface area (Å²) < 4.78 is 104. The summed E-state index contributed by atoms with van der Waals surface area (Å²) in [4.78, 5) is 4.76. The van der Waals surface area contributed by atoms with Crippen molar-refractivity contribution in [3.63, 3.8) is 0 Å². The summed E-state index contributed by atoms with van der Waals surface area (Å²) in [7, 11) is 0. The molecule has 2 aromatic carbocycles. The molecule has 4 rings (SSSR count). The van der Waals surface area contributed by atoms with E-state index < -0.39 is 47.6 Å². The minimum atomic E-state index is -3.95. The van der Waals surface area contributed by atoms with Crippen molar-refractivity contribution in [1.29, 1.82) is 10.8 Å². The lowest BCUT2D eigenvalue weighted by atomic mass is 10.1. The molecule has 13 heteroatoms. The first-order valence-electron chi connectivity index (χ1n) is 11.5. The lowest BCUT2D eigenvalue weighted by Gasteiger charge is -2.26. The predicted molar refractivity (Wildman–Crippen MR) is 129 cm³/mol. The topological polar surface area (TPSA) is 68.8 Å². The summed E-state index contributed by atoms with van der Waals surface area (Å²) in [5, 5.41) is 15.0. The zero-order valence-electron chi connectivity index (χ0n) is 21.0. The fraction of sp³-hybridized carbons (Fsp3) is 0.400. The molecule has 0 radical (unpaired) electrons. The van der Waals surface area contributed by atoms with Crippen molar-refractivity contribution in [2.75, 3.05) is 11.4 Å². The number of aryl methyl sites for hydroxylation is 1. The van der Waals surface area contributed by atoms with Crippen molar-refractivity contribution in [3.8, 4) is 0 Å². The van der Waals surface area contributed by atoms with Crippen LogP contribution in [0.1, 0.15) is 39.2 Å². The summed E-state index contributed by atoms with van der Waals surface area (Å²) in [6.45, 7) is 5.87. The van der Waals surface area contributed by atoms with E-state index in [-0.39, 0.29) is 22.4 Å². The Bertz CT molecular complexity index is 1320. The van der Waals surface area contributed by atoms with Crippen LogP contribution < -0.4 is 10.5 Å². The molecule has 2 N–H and O–H groups in total. The Kier molecular flexibility index (Phi) is 9.62.